The first-order chi connectivity index (χ1) is 15.2. The molecule has 3 atom stereocenters. The number of nitroso groups, excluding NO2 is 1. The Morgan fingerprint density at radius 1 is 1.39 bits per heavy atom. The number of benzene rings is 1. The van der Waals surface area contributed by atoms with Crippen molar-refractivity contribution < 1.29 is 9.13 Å². The van der Waals surface area contributed by atoms with E-state index in [2.05, 4.69) is 31.5 Å². The molecule has 1 aromatic heterocycles. The second kappa shape index (κ2) is 7.60. The van der Waals surface area contributed by atoms with E-state index in [9.17, 15) is 14.6 Å². The molecule has 0 fully saturated rings. The van der Waals surface area contributed by atoms with Crippen molar-refractivity contribution in [3.63, 3.8) is 0 Å². The maximum absolute atomic E-state index is 14.1. The molecule has 154 valence electrons. The highest BCUT2D eigenvalue weighted by molar-refractivity contribution is 5.82. The van der Waals surface area contributed by atoms with Crippen molar-refractivity contribution in [1.82, 2.24) is 9.97 Å². The Morgan fingerprint density at radius 3 is 3.13 bits per heavy atom. The van der Waals surface area contributed by atoms with E-state index in [4.69, 9.17) is 4.74 Å². The zero-order valence-corrected chi connectivity index (χ0v) is 16.1. The fourth-order valence-electron chi connectivity index (χ4n) is 3.89. The SMILES string of the molecule is N#CC1=CC2C(C=C1)N=CN2c1ncc(N=O)c(NC2CCOc3c(F)cccc32)n1. The molecular formula is C21H16FN7O2. The van der Waals surface area contributed by atoms with Crippen LogP contribution in [-0.4, -0.2) is 35.0 Å². The number of nitriles is 1. The predicted octanol–water partition coefficient (Wildman–Crippen LogP) is 3.55. The van der Waals surface area contributed by atoms with Crippen LogP contribution in [0.4, 0.5) is 21.8 Å². The Hall–Kier alpha value is -4.13. The van der Waals surface area contributed by atoms with Gasteiger partial charge in [0.1, 0.15) is 0 Å². The molecule has 3 heterocycles. The molecule has 2 aromatic rings. The third-order valence-corrected chi connectivity index (χ3v) is 5.41. The number of para-hydroxylation sites is 1. The van der Waals surface area contributed by atoms with Crippen LogP contribution in [-0.2, 0) is 0 Å². The van der Waals surface area contributed by atoms with Gasteiger partial charge in [0.05, 0.1) is 43.3 Å². The molecule has 0 spiro atoms. The number of halogens is 1. The van der Waals surface area contributed by atoms with Crippen LogP contribution in [0.15, 0.2) is 58.4 Å². The van der Waals surface area contributed by atoms with Gasteiger partial charge in [0, 0.05) is 17.6 Å². The monoisotopic (exact) mass is 417 g/mol. The van der Waals surface area contributed by atoms with Gasteiger partial charge in [0.25, 0.3) is 0 Å². The van der Waals surface area contributed by atoms with Crippen LogP contribution in [0.3, 0.4) is 0 Å². The summed E-state index contributed by atoms with van der Waals surface area (Å²) in [5.74, 6) is 0.293. The van der Waals surface area contributed by atoms with Crippen molar-refractivity contribution in [2.24, 2.45) is 10.2 Å². The third-order valence-electron chi connectivity index (χ3n) is 5.41. The number of aliphatic imine (C=N–C) groups is 1. The molecule has 0 amide bonds. The van der Waals surface area contributed by atoms with Crippen molar-refractivity contribution in [2.75, 3.05) is 16.8 Å². The lowest BCUT2D eigenvalue weighted by Gasteiger charge is -2.28. The van der Waals surface area contributed by atoms with Crippen LogP contribution in [0.5, 0.6) is 5.75 Å². The smallest absolute Gasteiger partial charge is 0.233 e. The highest BCUT2D eigenvalue weighted by atomic mass is 19.1. The summed E-state index contributed by atoms with van der Waals surface area (Å²) in [6.45, 7) is 0.323. The number of hydrogen-bond acceptors (Lipinski definition) is 9. The lowest BCUT2D eigenvalue weighted by Crippen LogP contribution is -2.36. The molecule has 0 bridgehead atoms. The Bertz CT molecular complexity index is 1190. The highest BCUT2D eigenvalue weighted by Crippen LogP contribution is 2.38. The summed E-state index contributed by atoms with van der Waals surface area (Å²) in [5.41, 5.74) is 1.21. The number of nitrogens with one attached hydrogen (secondary N) is 1. The average Bonchev–Trinajstić information content (AvgIpc) is 3.23. The van der Waals surface area contributed by atoms with Gasteiger partial charge in [0.15, 0.2) is 23.1 Å². The van der Waals surface area contributed by atoms with Gasteiger partial charge in [-0.1, -0.05) is 18.2 Å². The first kappa shape index (κ1) is 18.9. The summed E-state index contributed by atoms with van der Waals surface area (Å²) in [6.07, 6.45) is 8.90. The van der Waals surface area contributed by atoms with Crippen LogP contribution >= 0.6 is 0 Å². The summed E-state index contributed by atoms with van der Waals surface area (Å²) in [5, 5.41) is 15.4. The number of ether oxygens (including phenoxy) is 1. The largest absolute Gasteiger partial charge is 0.490 e. The molecule has 1 N–H and O–H groups in total. The Kier molecular flexibility index (Phi) is 4.63. The molecular weight excluding hydrogens is 401 g/mol. The van der Waals surface area contributed by atoms with Crippen molar-refractivity contribution in [3.05, 3.63) is 64.5 Å². The quantitative estimate of drug-likeness (QED) is 0.756. The normalized spacial score (nSPS) is 23.3. The number of nitrogens with zero attached hydrogens (tertiary/aromatic N) is 6. The van der Waals surface area contributed by atoms with Gasteiger partial charge < -0.3 is 10.1 Å². The maximum Gasteiger partial charge on any atom is 0.233 e. The molecule has 1 aromatic carbocycles. The Morgan fingerprint density at radius 2 is 2.29 bits per heavy atom. The third kappa shape index (κ3) is 3.30. The summed E-state index contributed by atoms with van der Waals surface area (Å²) in [6, 6.07) is 6.15. The second-order valence-corrected chi connectivity index (χ2v) is 7.23. The number of hydrogen-bond donors (Lipinski definition) is 1. The molecule has 0 saturated heterocycles. The summed E-state index contributed by atoms with van der Waals surface area (Å²) in [4.78, 5) is 26.3. The van der Waals surface area contributed by atoms with E-state index in [1.54, 1.807) is 35.5 Å². The number of allylic oxidation sites excluding steroid dienone is 2. The number of rotatable bonds is 4. The van der Waals surface area contributed by atoms with Crippen molar-refractivity contribution in [3.8, 4) is 11.8 Å². The van der Waals surface area contributed by atoms with E-state index in [0.717, 1.165) is 0 Å². The van der Waals surface area contributed by atoms with E-state index in [1.807, 2.05) is 6.08 Å². The molecule has 1 aliphatic carbocycles. The summed E-state index contributed by atoms with van der Waals surface area (Å²) < 4.78 is 19.6. The molecule has 3 aliphatic rings. The zero-order valence-electron chi connectivity index (χ0n) is 16.1. The van der Waals surface area contributed by atoms with E-state index in [1.165, 1.54) is 12.3 Å². The lowest BCUT2D eigenvalue weighted by molar-refractivity contribution is 0.260. The van der Waals surface area contributed by atoms with Crippen molar-refractivity contribution in [1.29, 1.82) is 5.26 Å². The predicted molar refractivity (Wildman–Crippen MR) is 112 cm³/mol. The average molecular weight is 417 g/mol. The molecule has 3 unspecified atom stereocenters. The Balaban J connectivity index is 1.47. The fourth-order valence-corrected chi connectivity index (χ4v) is 3.89. The number of fused-ring (bicyclic) bond motifs is 2. The summed E-state index contributed by atoms with van der Waals surface area (Å²) in [7, 11) is 0. The van der Waals surface area contributed by atoms with E-state index < -0.39 is 5.82 Å². The minimum absolute atomic E-state index is 0.0395. The first-order valence-electron chi connectivity index (χ1n) is 9.68. The standard InChI is InChI=1S/C21H16FN7O2/c22-14-3-1-2-13-15(6-7-31-19(13)14)26-20-17(28-30)10-24-21(27-20)29-11-25-16-5-4-12(9-23)8-18(16)29/h1-5,8,10-11,15-16,18H,6-7H2,(H,24,26,27). The number of anilines is 2. The molecule has 31 heavy (non-hydrogen) atoms. The zero-order chi connectivity index (χ0) is 21.4. The topological polar surface area (TPSA) is 116 Å². The van der Waals surface area contributed by atoms with Gasteiger partial charge in [-0.25, -0.2) is 9.37 Å². The van der Waals surface area contributed by atoms with Crippen LogP contribution in [0.1, 0.15) is 18.0 Å². The van der Waals surface area contributed by atoms with E-state index in [0.29, 0.717) is 30.1 Å². The molecule has 0 radical (unpaired) electrons. The molecule has 0 saturated carbocycles. The van der Waals surface area contributed by atoms with Gasteiger partial charge >= 0.3 is 0 Å². The fraction of sp³-hybridized carbons (Fsp3) is 0.238. The van der Waals surface area contributed by atoms with Gasteiger partial charge in [-0.3, -0.25) is 9.89 Å². The highest BCUT2D eigenvalue weighted by Gasteiger charge is 2.33. The Labute approximate surface area is 176 Å². The second-order valence-electron chi connectivity index (χ2n) is 7.23. The van der Waals surface area contributed by atoms with Gasteiger partial charge in [-0.15, -0.1) is 4.91 Å². The first-order valence-corrected chi connectivity index (χ1v) is 9.68. The van der Waals surface area contributed by atoms with E-state index in [-0.39, 0.29) is 35.4 Å². The lowest BCUT2D eigenvalue weighted by atomic mass is 9.99. The van der Waals surface area contributed by atoms with Crippen LogP contribution < -0.4 is 15.0 Å². The number of aromatic nitrogens is 2. The minimum atomic E-state index is -0.439. The van der Waals surface area contributed by atoms with Crippen molar-refractivity contribution >= 4 is 23.8 Å². The van der Waals surface area contributed by atoms with Crippen LogP contribution in [0.25, 0.3) is 0 Å². The van der Waals surface area contributed by atoms with Gasteiger partial charge in [-0.2, -0.15) is 10.2 Å². The van der Waals surface area contributed by atoms with Crippen LogP contribution in [0, 0.1) is 22.1 Å². The molecule has 2 aliphatic heterocycles. The van der Waals surface area contributed by atoms with E-state index >= 15 is 0 Å². The van der Waals surface area contributed by atoms with Crippen molar-refractivity contribution in [2.45, 2.75) is 24.5 Å². The minimum Gasteiger partial charge on any atom is -0.490 e. The van der Waals surface area contributed by atoms with Gasteiger partial charge in [0.2, 0.25) is 5.95 Å². The molecule has 10 heteroatoms. The molecule has 9 nitrogen and oxygen atoms in total. The maximum atomic E-state index is 14.1. The van der Waals surface area contributed by atoms with Crippen LogP contribution in [0.2, 0.25) is 0 Å². The molecule has 5 rings (SSSR count). The van der Waals surface area contributed by atoms with Gasteiger partial charge in [-0.05, 0) is 23.4 Å². The summed E-state index contributed by atoms with van der Waals surface area (Å²) >= 11 is 0.